The molecule has 1 aromatic heterocycles. The largest absolute Gasteiger partial charge is 0.475 e. The van der Waals surface area contributed by atoms with Crippen LogP contribution in [0.1, 0.15) is 56.3 Å². The van der Waals surface area contributed by atoms with Crippen molar-refractivity contribution in [1.29, 1.82) is 0 Å². The molecule has 0 saturated carbocycles. The first-order valence-electron chi connectivity index (χ1n) is 8.14. The lowest BCUT2D eigenvalue weighted by Gasteiger charge is -2.22. The number of hydrogen-bond donors (Lipinski definition) is 2. The summed E-state index contributed by atoms with van der Waals surface area (Å²) in [4.78, 5) is 19.3. The second kappa shape index (κ2) is 7.04. The highest BCUT2D eigenvalue weighted by Crippen LogP contribution is 2.24. The van der Waals surface area contributed by atoms with Gasteiger partial charge in [0.1, 0.15) is 15.7 Å². The van der Waals surface area contributed by atoms with E-state index in [0.717, 1.165) is 6.42 Å². The minimum atomic E-state index is -2.84. The molecule has 8 heteroatoms. The van der Waals surface area contributed by atoms with Gasteiger partial charge in [-0.3, -0.25) is 0 Å². The third-order valence-corrected chi connectivity index (χ3v) is 5.93. The summed E-state index contributed by atoms with van der Waals surface area (Å²) >= 11 is 0. The molecule has 2 rings (SSSR count). The molecule has 0 unspecified atom stereocenters. The molecular formula is C16H25N3O4S. The molecule has 0 radical (unpaired) electrons. The maximum absolute atomic E-state index is 11.4. The van der Waals surface area contributed by atoms with Crippen molar-refractivity contribution in [2.45, 2.75) is 45.4 Å². The zero-order valence-electron chi connectivity index (χ0n) is 14.4. The molecule has 0 atom stereocenters. The molecule has 7 nitrogen and oxygen atoms in total. The quantitative estimate of drug-likeness (QED) is 0.832. The molecule has 1 fully saturated rings. The minimum Gasteiger partial charge on any atom is -0.475 e. The Labute approximate surface area is 142 Å². The minimum absolute atomic E-state index is 0.214. The summed E-state index contributed by atoms with van der Waals surface area (Å²) in [5.74, 6) is 0.0420. The van der Waals surface area contributed by atoms with Gasteiger partial charge in [-0.15, -0.1) is 0 Å². The summed E-state index contributed by atoms with van der Waals surface area (Å²) in [5, 5.41) is 12.3. The van der Waals surface area contributed by atoms with Crippen molar-refractivity contribution in [3.05, 3.63) is 17.6 Å². The zero-order valence-corrected chi connectivity index (χ0v) is 15.2. The molecule has 2 heterocycles. The molecule has 0 bridgehead atoms. The Morgan fingerprint density at radius 1 is 1.29 bits per heavy atom. The van der Waals surface area contributed by atoms with Crippen molar-refractivity contribution in [1.82, 2.24) is 9.97 Å². The maximum Gasteiger partial charge on any atom is 0.374 e. The number of nitrogens with zero attached hydrogens (tertiary/aromatic N) is 2. The molecule has 1 aromatic rings. The van der Waals surface area contributed by atoms with Gasteiger partial charge in [-0.05, 0) is 25.2 Å². The lowest BCUT2D eigenvalue weighted by molar-refractivity contribution is 0.0683. The zero-order chi connectivity index (χ0) is 18.0. The Bertz CT molecular complexity index is 697. The standard InChI is InChI=1S/C16H25N3O4S/c1-16(2,3)12-10-13(19-14(18-12)15(20)21)17-7-4-11-5-8-24(22,23)9-6-11/h10-11H,4-9H2,1-3H3,(H,20,21)(H,17,18,19). The van der Waals surface area contributed by atoms with Crippen LogP contribution in [0.2, 0.25) is 0 Å². The molecule has 0 spiro atoms. The summed E-state index contributed by atoms with van der Waals surface area (Å²) < 4.78 is 22.9. The van der Waals surface area contributed by atoms with Crippen molar-refractivity contribution in [3.63, 3.8) is 0 Å². The third-order valence-electron chi connectivity index (χ3n) is 4.22. The van der Waals surface area contributed by atoms with Gasteiger partial charge in [-0.2, -0.15) is 0 Å². The fraction of sp³-hybridized carbons (Fsp3) is 0.688. The summed E-state index contributed by atoms with van der Waals surface area (Å²) in [6, 6.07) is 1.78. The van der Waals surface area contributed by atoms with Gasteiger partial charge in [-0.1, -0.05) is 20.8 Å². The van der Waals surface area contributed by atoms with E-state index >= 15 is 0 Å². The number of carboxylic acids is 1. The summed E-state index contributed by atoms with van der Waals surface area (Å²) in [5.41, 5.74) is 0.391. The van der Waals surface area contributed by atoms with Crippen LogP contribution in [-0.2, 0) is 15.3 Å². The van der Waals surface area contributed by atoms with Crippen LogP contribution in [-0.4, -0.2) is 47.5 Å². The Hall–Kier alpha value is -1.70. The predicted octanol–water partition coefficient (Wildman–Crippen LogP) is 2.10. The average molecular weight is 355 g/mol. The van der Waals surface area contributed by atoms with E-state index in [-0.39, 0.29) is 22.7 Å². The first kappa shape index (κ1) is 18.6. The van der Waals surface area contributed by atoms with E-state index in [2.05, 4.69) is 15.3 Å². The van der Waals surface area contributed by atoms with Crippen LogP contribution in [0.3, 0.4) is 0 Å². The Balaban J connectivity index is 1.99. The molecule has 0 aliphatic carbocycles. The number of rotatable bonds is 5. The van der Waals surface area contributed by atoms with Gasteiger partial charge in [0.05, 0.1) is 17.2 Å². The summed E-state index contributed by atoms with van der Waals surface area (Å²) in [6.45, 7) is 6.53. The monoisotopic (exact) mass is 355 g/mol. The van der Waals surface area contributed by atoms with Crippen LogP contribution >= 0.6 is 0 Å². The topological polar surface area (TPSA) is 109 Å². The van der Waals surface area contributed by atoms with Gasteiger partial charge in [0.25, 0.3) is 0 Å². The molecule has 1 saturated heterocycles. The van der Waals surface area contributed by atoms with Gasteiger partial charge in [0.2, 0.25) is 5.82 Å². The number of aromatic carboxylic acids is 1. The first-order valence-corrected chi connectivity index (χ1v) is 9.96. The van der Waals surface area contributed by atoms with Gasteiger partial charge >= 0.3 is 5.97 Å². The Morgan fingerprint density at radius 3 is 2.46 bits per heavy atom. The molecule has 2 N–H and O–H groups in total. The second-order valence-electron chi connectivity index (χ2n) is 7.33. The second-order valence-corrected chi connectivity index (χ2v) is 9.63. The van der Waals surface area contributed by atoms with Crippen LogP contribution in [0.5, 0.6) is 0 Å². The SMILES string of the molecule is CC(C)(C)c1cc(NCCC2CCS(=O)(=O)CC2)nc(C(=O)O)n1. The number of hydrogen-bond acceptors (Lipinski definition) is 6. The van der Waals surface area contributed by atoms with Crippen LogP contribution in [0.25, 0.3) is 0 Å². The van der Waals surface area contributed by atoms with Crippen LogP contribution in [0, 0.1) is 5.92 Å². The molecule has 1 aliphatic rings. The number of carbonyl (C=O) groups is 1. The smallest absolute Gasteiger partial charge is 0.374 e. The van der Waals surface area contributed by atoms with Crippen molar-refractivity contribution < 1.29 is 18.3 Å². The Morgan fingerprint density at radius 2 is 1.92 bits per heavy atom. The van der Waals surface area contributed by atoms with Crippen LogP contribution in [0.4, 0.5) is 5.82 Å². The summed E-state index contributed by atoms with van der Waals surface area (Å²) in [7, 11) is -2.84. The van der Waals surface area contributed by atoms with E-state index in [1.54, 1.807) is 6.07 Å². The van der Waals surface area contributed by atoms with Gasteiger partial charge in [-0.25, -0.2) is 23.2 Å². The average Bonchev–Trinajstić information content (AvgIpc) is 2.48. The Kier molecular flexibility index (Phi) is 5.47. The third kappa shape index (κ3) is 5.15. The fourth-order valence-electron chi connectivity index (χ4n) is 2.65. The lowest BCUT2D eigenvalue weighted by Crippen LogP contribution is -2.25. The van der Waals surface area contributed by atoms with E-state index in [1.807, 2.05) is 20.8 Å². The van der Waals surface area contributed by atoms with E-state index in [0.29, 0.717) is 36.8 Å². The maximum atomic E-state index is 11.4. The number of anilines is 1. The van der Waals surface area contributed by atoms with E-state index in [9.17, 15) is 13.2 Å². The number of aromatic nitrogens is 2. The molecule has 0 amide bonds. The van der Waals surface area contributed by atoms with E-state index in [1.165, 1.54) is 0 Å². The molecule has 24 heavy (non-hydrogen) atoms. The number of nitrogens with one attached hydrogen (secondary N) is 1. The van der Waals surface area contributed by atoms with E-state index in [4.69, 9.17) is 5.11 Å². The highest BCUT2D eigenvalue weighted by molar-refractivity contribution is 7.91. The van der Waals surface area contributed by atoms with Crippen molar-refractivity contribution in [3.8, 4) is 0 Å². The summed E-state index contributed by atoms with van der Waals surface area (Å²) in [6.07, 6.45) is 2.23. The van der Waals surface area contributed by atoms with Crippen LogP contribution < -0.4 is 5.32 Å². The normalized spacial score (nSPS) is 18.3. The van der Waals surface area contributed by atoms with Crippen molar-refractivity contribution in [2.24, 2.45) is 5.92 Å². The molecule has 0 aromatic carbocycles. The molecule has 134 valence electrons. The first-order chi connectivity index (χ1) is 11.1. The van der Waals surface area contributed by atoms with Crippen molar-refractivity contribution in [2.75, 3.05) is 23.4 Å². The van der Waals surface area contributed by atoms with E-state index < -0.39 is 15.8 Å². The number of sulfone groups is 1. The van der Waals surface area contributed by atoms with Gasteiger partial charge in [0, 0.05) is 18.0 Å². The van der Waals surface area contributed by atoms with Gasteiger partial charge < -0.3 is 10.4 Å². The molecular weight excluding hydrogens is 330 g/mol. The highest BCUT2D eigenvalue weighted by atomic mass is 32.2. The van der Waals surface area contributed by atoms with Crippen LogP contribution in [0.15, 0.2) is 6.07 Å². The van der Waals surface area contributed by atoms with Gasteiger partial charge in [0.15, 0.2) is 0 Å². The lowest BCUT2D eigenvalue weighted by atomic mass is 9.92. The number of carboxylic acid groups (broad SMARTS) is 1. The molecule has 1 aliphatic heterocycles. The fourth-order valence-corrected chi connectivity index (χ4v) is 4.24. The predicted molar refractivity (Wildman–Crippen MR) is 92.2 cm³/mol. The highest BCUT2D eigenvalue weighted by Gasteiger charge is 2.23. The van der Waals surface area contributed by atoms with Crippen molar-refractivity contribution >= 4 is 21.6 Å².